The fraction of sp³-hybridized carbons (Fsp3) is 0.100. The zero-order valence-electron chi connectivity index (χ0n) is 14.3. The van der Waals surface area contributed by atoms with E-state index in [1.807, 2.05) is 35.0 Å². The van der Waals surface area contributed by atoms with Crippen LogP contribution >= 0.6 is 46.3 Å². The SMILES string of the molecule is O=C1NN(C(c2ccsc2)c2cccc(Cl)c2)C(=O)C1Sc1ccccc1Cl. The number of thiophene rings is 1. The maximum atomic E-state index is 13.2. The Bertz CT molecular complexity index is 1030. The summed E-state index contributed by atoms with van der Waals surface area (Å²) in [4.78, 5) is 26.5. The molecule has 2 heterocycles. The van der Waals surface area contributed by atoms with Crippen LogP contribution in [0.5, 0.6) is 0 Å². The molecule has 142 valence electrons. The number of hydrazine groups is 1. The number of rotatable bonds is 5. The Morgan fingerprint density at radius 1 is 1.04 bits per heavy atom. The molecular formula is C20H14Cl2N2O2S2. The fourth-order valence-electron chi connectivity index (χ4n) is 3.03. The molecule has 28 heavy (non-hydrogen) atoms. The monoisotopic (exact) mass is 448 g/mol. The number of nitrogens with zero attached hydrogens (tertiary/aromatic N) is 1. The number of nitrogens with one attached hydrogen (secondary N) is 1. The van der Waals surface area contributed by atoms with Gasteiger partial charge in [-0.25, -0.2) is 5.01 Å². The maximum absolute atomic E-state index is 13.2. The number of halogens is 2. The largest absolute Gasteiger partial charge is 0.271 e. The Labute approximate surface area is 180 Å². The van der Waals surface area contributed by atoms with Crippen LogP contribution in [0.3, 0.4) is 0 Å². The van der Waals surface area contributed by atoms with Gasteiger partial charge in [0.1, 0.15) is 6.04 Å². The Hall–Kier alpha value is -1.99. The molecule has 2 atom stereocenters. The molecule has 1 aromatic heterocycles. The standard InChI is InChI=1S/C20H14Cl2N2O2S2/c21-14-5-3-4-12(10-14)17(13-8-9-27-11-13)24-20(26)18(19(25)23-24)28-16-7-2-1-6-15(16)22/h1-11,17-18H,(H,23,25). The fourth-order valence-corrected chi connectivity index (χ4v) is 5.14. The number of hydrogen-bond acceptors (Lipinski definition) is 4. The van der Waals surface area contributed by atoms with Gasteiger partial charge in [0.25, 0.3) is 11.8 Å². The second-order valence-electron chi connectivity index (χ2n) is 6.13. The van der Waals surface area contributed by atoms with Crippen molar-refractivity contribution in [2.75, 3.05) is 0 Å². The molecule has 0 bridgehead atoms. The molecule has 1 aliphatic heterocycles. The van der Waals surface area contributed by atoms with Crippen LogP contribution in [-0.4, -0.2) is 22.1 Å². The van der Waals surface area contributed by atoms with Crippen LogP contribution in [0.4, 0.5) is 0 Å². The van der Waals surface area contributed by atoms with Crippen molar-refractivity contribution >= 4 is 58.1 Å². The van der Waals surface area contributed by atoms with Crippen molar-refractivity contribution in [3.63, 3.8) is 0 Å². The first-order valence-corrected chi connectivity index (χ1v) is 10.9. The Morgan fingerprint density at radius 2 is 1.86 bits per heavy atom. The summed E-state index contributed by atoms with van der Waals surface area (Å²) in [5.41, 5.74) is 4.47. The number of carbonyl (C=O) groups excluding carboxylic acids is 2. The summed E-state index contributed by atoms with van der Waals surface area (Å²) in [6, 6.07) is 15.9. The summed E-state index contributed by atoms with van der Waals surface area (Å²) >= 11 is 15.0. The normalized spacial score (nSPS) is 17.6. The molecule has 4 rings (SSSR count). The summed E-state index contributed by atoms with van der Waals surface area (Å²) in [5.74, 6) is -0.678. The summed E-state index contributed by atoms with van der Waals surface area (Å²) < 4.78 is 0. The van der Waals surface area contributed by atoms with Crippen molar-refractivity contribution in [3.05, 3.63) is 86.5 Å². The van der Waals surface area contributed by atoms with Crippen LogP contribution in [0.15, 0.2) is 70.3 Å². The van der Waals surface area contributed by atoms with E-state index in [1.54, 1.807) is 30.3 Å². The maximum Gasteiger partial charge on any atom is 0.265 e. The van der Waals surface area contributed by atoms with Crippen LogP contribution < -0.4 is 5.43 Å². The van der Waals surface area contributed by atoms with Gasteiger partial charge in [-0.15, -0.1) is 11.8 Å². The molecule has 2 amide bonds. The van der Waals surface area contributed by atoms with Gasteiger partial charge in [0.2, 0.25) is 0 Å². The molecule has 1 fully saturated rings. The van der Waals surface area contributed by atoms with Crippen molar-refractivity contribution < 1.29 is 9.59 Å². The van der Waals surface area contributed by atoms with E-state index >= 15 is 0 Å². The number of hydrogen-bond donors (Lipinski definition) is 1. The first-order valence-electron chi connectivity index (χ1n) is 8.37. The lowest BCUT2D eigenvalue weighted by molar-refractivity contribution is -0.131. The molecule has 2 unspecified atom stereocenters. The van der Waals surface area contributed by atoms with Gasteiger partial charge in [0.05, 0.1) is 5.02 Å². The van der Waals surface area contributed by atoms with Crippen molar-refractivity contribution in [3.8, 4) is 0 Å². The molecule has 0 aliphatic carbocycles. The van der Waals surface area contributed by atoms with E-state index in [-0.39, 0.29) is 11.8 Å². The van der Waals surface area contributed by atoms with Gasteiger partial charge in [0, 0.05) is 9.92 Å². The Balaban J connectivity index is 1.67. The quantitative estimate of drug-likeness (QED) is 0.547. The third-order valence-electron chi connectivity index (χ3n) is 4.29. The van der Waals surface area contributed by atoms with Crippen molar-refractivity contribution in [2.45, 2.75) is 16.2 Å². The first kappa shape index (κ1) is 19.3. The first-order chi connectivity index (χ1) is 13.5. The van der Waals surface area contributed by atoms with E-state index < -0.39 is 11.3 Å². The average molecular weight is 449 g/mol. The molecule has 0 saturated carbocycles. The van der Waals surface area contributed by atoms with Crippen molar-refractivity contribution in [2.24, 2.45) is 0 Å². The molecule has 4 nitrogen and oxygen atoms in total. The highest BCUT2D eigenvalue weighted by molar-refractivity contribution is 8.01. The van der Waals surface area contributed by atoms with Crippen LogP contribution in [0.2, 0.25) is 10.0 Å². The third kappa shape index (κ3) is 3.78. The highest BCUT2D eigenvalue weighted by Gasteiger charge is 2.44. The number of amides is 2. The van der Waals surface area contributed by atoms with Gasteiger partial charge < -0.3 is 0 Å². The predicted molar refractivity (Wildman–Crippen MR) is 114 cm³/mol. The summed E-state index contributed by atoms with van der Waals surface area (Å²) in [6.07, 6.45) is 0. The molecule has 0 spiro atoms. The highest BCUT2D eigenvalue weighted by atomic mass is 35.5. The molecule has 1 aliphatic rings. The van der Waals surface area contributed by atoms with Gasteiger partial charge in [-0.2, -0.15) is 11.3 Å². The topological polar surface area (TPSA) is 49.4 Å². The second kappa shape index (κ2) is 8.17. The van der Waals surface area contributed by atoms with E-state index in [2.05, 4.69) is 5.43 Å². The summed E-state index contributed by atoms with van der Waals surface area (Å²) in [7, 11) is 0. The molecule has 1 saturated heterocycles. The Kier molecular flexibility index (Phi) is 5.64. The van der Waals surface area contributed by atoms with E-state index in [0.29, 0.717) is 14.9 Å². The lowest BCUT2D eigenvalue weighted by Gasteiger charge is -2.27. The molecular weight excluding hydrogens is 435 g/mol. The number of benzene rings is 2. The van der Waals surface area contributed by atoms with Crippen LogP contribution in [0, 0.1) is 0 Å². The second-order valence-corrected chi connectivity index (χ2v) is 8.90. The molecule has 0 radical (unpaired) electrons. The van der Waals surface area contributed by atoms with Crippen molar-refractivity contribution in [1.29, 1.82) is 0 Å². The van der Waals surface area contributed by atoms with Gasteiger partial charge in [0.15, 0.2) is 5.25 Å². The summed E-state index contributed by atoms with van der Waals surface area (Å²) in [5, 5.41) is 5.46. The smallest absolute Gasteiger partial charge is 0.265 e. The predicted octanol–water partition coefficient (Wildman–Crippen LogP) is 5.18. The average Bonchev–Trinajstić information content (AvgIpc) is 3.29. The lowest BCUT2D eigenvalue weighted by Crippen LogP contribution is -2.39. The zero-order chi connectivity index (χ0) is 19.7. The minimum Gasteiger partial charge on any atom is -0.271 e. The van der Waals surface area contributed by atoms with Crippen LogP contribution in [0.1, 0.15) is 17.2 Å². The molecule has 3 aromatic rings. The molecule has 1 N–H and O–H groups in total. The molecule has 8 heteroatoms. The van der Waals surface area contributed by atoms with Gasteiger partial charge in [-0.1, -0.05) is 47.5 Å². The van der Waals surface area contributed by atoms with Gasteiger partial charge >= 0.3 is 0 Å². The summed E-state index contributed by atoms with van der Waals surface area (Å²) in [6.45, 7) is 0. The van der Waals surface area contributed by atoms with Crippen molar-refractivity contribution in [1.82, 2.24) is 10.4 Å². The van der Waals surface area contributed by atoms with E-state index in [1.165, 1.54) is 16.3 Å². The highest BCUT2D eigenvalue weighted by Crippen LogP contribution is 2.37. The lowest BCUT2D eigenvalue weighted by atomic mass is 10.0. The molecule has 2 aromatic carbocycles. The van der Waals surface area contributed by atoms with E-state index in [4.69, 9.17) is 23.2 Å². The number of carbonyl (C=O) groups is 2. The Morgan fingerprint density at radius 3 is 2.57 bits per heavy atom. The minimum absolute atomic E-state index is 0.314. The van der Waals surface area contributed by atoms with E-state index in [0.717, 1.165) is 22.9 Å². The minimum atomic E-state index is -0.903. The zero-order valence-corrected chi connectivity index (χ0v) is 17.5. The van der Waals surface area contributed by atoms with E-state index in [9.17, 15) is 9.59 Å². The van der Waals surface area contributed by atoms with Crippen LogP contribution in [-0.2, 0) is 9.59 Å². The van der Waals surface area contributed by atoms with Gasteiger partial charge in [-0.3, -0.25) is 15.0 Å². The number of thioether (sulfide) groups is 1. The third-order valence-corrected chi connectivity index (χ3v) is 6.93. The van der Waals surface area contributed by atoms with Gasteiger partial charge in [-0.05, 0) is 52.2 Å². The van der Waals surface area contributed by atoms with Crippen LogP contribution in [0.25, 0.3) is 0 Å².